The molecule has 1 atom stereocenters. The summed E-state index contributed by atoms with van der Waals surface area (Å²) in [6.45, 7) is 4.54. The van der Waals surface area contributed by atoms with Crippen LogP contribution >= 0.6 is 0 Å². The minimum atomic E-state index is -1.05. The van der Waals surface area contributed by atoms with Gasteiger partial charge in [0.25, 0.3) is 0 Å². The highest BCUT2D eigenvalue weighted by atomic mass is 19.1. The van der Waals surface area contributed by atoms with Crippen LogP contribution in [0.3, 0.4) is 0 Å². The molecule has 6 nitrogen and oxygen atoms in total. The van der Waals surface area contributed by atoms with Gasteiger partial charge in [-0.2, -0.15) is 0 Å². The Morgan fingerprint density at radius 2 is 1.56 bits per heavy atom. The van der Waals surface area contributed by atoms with E-state index in [9.17, 15) is 18.4 Å². The third kappa shape index (κ3) is 5.88. The van der Waals surface area contributed by atoms with E-state index in [1.165, 1.54) is 7.11 Å². The van der Waals surface area contributed by atoms with Crippen molar-refractivity contribution in [2.45, 2.75) is 26.3 Å². The number of nitrogens with zero attached hydrogens (tertiary/aromatic N) is 1. The molecule has 1 aliphatic heterocycles. The summed E-state index contributed by atoms with van der Waals surface area (Å²) in [6, 6.07) is 12.8. The maximum atomic E-state index is 14.1. The lowest BCUT2D eigenvalue weighted by Gasteiger charge is -2.30. The molecule has 0 spiro atoms. The molecular weight excluding hydrogens is 442 g/mol. The van der Waals surface area contributed by atoms with Crippen LogP contribution in [0.5, 0.6) is 0 Å². The SMILES string of the molecule is COC(=O)C1=C(C)NC(C)=C(C(=O)OCCN(C)Cc2ccccc2)C1c1cc(F)cc(F)c1. The first kappa shape index (κ1) is 25.1. The second-order valence-electron chi connectivity index (χ2n) is 8.19. The number of benzene rings is 2. The fourth-order valence-corrected chi connectivity index (χ4v) is 4.07. The number of carbonyl (C=O) groups excluding carboxylic acids is 2. The Morgan fingerprint density at radius 3 is 2.15 bits per heavy atom. The predicted octanol–water partition coefficient (Wildman–Crippen LogP) is 4.05. The van der Waals surface area contributed by atoms with Crippen LogP contribution in [0.4, 0.5) is 8.78 Å². The minimum Gasteiger partial charge on any atom is -0.466 e. The van der Waals surface area contributed by atoms with E-state index >= 15 is 0 Å². The van der Waals surface area contributed by atoms with Gasteiger partial charge in [0, 0.05) is 30.5 Å². The van der Waals surface area contributed by atoms with E-state index in [1.807, 2.05) is 42.3 Å². The molecule has 1 unspecified atom stereocenters. The van der Waals surface area contributed by atoms with Crippen LogP contribution in [0.25, 0.3) is 0 Å². The summed E-state index contributed by atoms with van der Waals surface area (Å²) >= 11 is 0. The van der Waals surface area contributed by atoms with Crippen molar-refractivity contribution in [1.82, 2.24) is 10.2 Å². The molecule has 1 heterocycles. The van der Waals surface area contributed by atoms with Crippen molar-refractivity contribution in [3.8, 4) is 0 Å². The molecule has 1 aliphatic rings. The second kappa shape index (κ2) is 11.1. The maximum absolute atomic E-state index is 14.1. The number of nitrogens with one attached hydrogen (secondary N) is 1. The van der Waals surface area contributed by atoms with E-state index in [2.05, 4.69) is 5.32 Å². The van der Waals surface area contributed by atoms with Gasteiger partial charge in [0.05, 0.1) is 24.2 Å². The van der Waals surface area contributed by atoms with Crippen molar-refractivity contribution >= 4 is 11.9 Å². The zero-order chi connectivity index (χ0) is 24.8. The van der Waals surface area contributed by atoms with Gasteiger partial charge in [0.15, 0.2) is 0 Å². The Morgan fingerprint density at radius 1 is 0.971 bits per heavy atom. The van der Waals surface area contributed by atoms with Gasteiger partial charge in [0.2, 0.25) is 0 Å². The Hall–Kier alpha value is -3.52. The highest BCUT2D eigenvalue weighted by molar-refractivity contribution is 5.99. The number of esters is 2. The zero-order valence-electron chi connectivity index (χ0n) is 19.7. The average Bonchev–Trinajstić information content (AvgIpc) is 2.78. The van der Waals surface area contributed by atoms with E-state index < -0.39 is 29.5 Å². The van der Waals surface area contributed by atoms with Crippen LogP contribution in [0.1, 0.15) is 30.9 Å². The molecule has 0 amide bonds. The first-order valence-corrected chi connectivity index (χ1v) is 10.8. The summed E-state index contributed by atoms with van der Waals surface area (Å²) in [5.74, 6) is -4.07. The largest absolute Gasteiger partial charge is 0.466 e. The van der Waals surface area contributed by atoms with Gasteiger partial charge in [-0.15, -0.1) is 0 Å². The van der Waals surface area contributed by atoms with Crippen LogP contribution in [0.2, 0.25) is 0 Å². The van der Waals surface area contributed by atoms with Gasteiger partial charge < -0.3 is 14.8 Å². The molecule has 0 aromatic heterocycles. The molecule has 1 N–H and O–H groups in total. The summed E-state index contributed by atoms with van der Waals surface area (Å²) in [5, 5.41) is 3.00. The zero-order valence-corrected chi connectivity index (χ0v) is 19.7. The minimum absolute atomic E-state index is 0.0891. The van der Waals surface area contributed by atoms with Crippen molar-refractivity contribution in [1.29, 1.82) is 0 Å². The lowest BCUT2D eigenvalue weighted by molar-refractivity contribution is -0.139. The summed E-state index contributed by atoms with van der Waals surface area (Å²) in [4.78, 5) is 27.8. The summed E-state index contributed by atoms with van der Waals surface area (Å²) < 4.78 is 38.5. The molecule has 0 bridgehead atoms. The lowest BCUT2D eigenvalue weighted by atomic mass is 9.80. The Kier molecular flexibility index (Phi) is 8.17. The Bertz CT molecular complexity index is 1110. The Balaban J connectivity index is 1.82. The molecule has 0 saturated carbocycles. The fraction of sp³-hybridized carbons (Fsp3) is 0.308. The second-order valence-corrected chi connectivity index (χ2v) is 8.19. The van der Waals surface area contributed by atoms with Crippen LogP contribution in [-0.2, 0) is 25.6 Å². The number of rotatable bonds is 8. The van der Waals surface area contributed by atoms with Gasteiger partial charge in [-0.05, 0) is 44.2 Å². The van der Waals surface area contributed by atoms with Gasteiger partial charge >= 0.3 is 11.9 Å². The summed E-state index contributed by atoms with van der Waals surface area (Å²) in [5.41, 5.74) is 2.29. The number of dihydropyridines is 1. The van der Waals surface area contributed by atoms with E-state index in [1.54, 1.807) is 13.8 Å². The molecule has 0 fully saturated rings. The van der Waals surface area contributed by atoms with E-state index in [-0.39, 0.29) is 23.3 Å². The highest BCUT2D eigenvalue weighted by Gasteiger charge is 2.38. The topological polar surface area (TPSA) is 67.9 Å². The molecule has 180 valence electrons. The number of carbonyl (C=O) groups is 2. The number of allylic oxidation sites excluding steroid dienone is 2. The summed E-state index contributed by atoms with van der Waals surface area (Å²) in [6.07, 6.45) is 0. The quantitative estimate of drug-likeness (QED) is 0.588. The van der Waals surface area contributed by atoms with Crippen molar-refractivity contribution in [3.63, 3.8) is 0 Å². The molecule has 34 heavy (non-hydrogen) atoms. The van der Waals surface area contributed by atoms with Crippen molar-refractivity contribution < 1.29 is 27.8 Å². The molecular formula is C26H28F2N2O4. The molecule has 0 radical (unpaired) electrons. The molecule has 3 rings (SSSR count). The van der Waals surface area contributed by atoms with Crippen LogP contribution < -0.4 is 5.32 Å². The number of ether oxygens (including phenoxy) is 2. The van der Waals surface area contributed by atoms with Crippen molar-refractivity contribution in [3.05, 3.63) is 93.8 Å². The van der Waals surface area contributed by atoms with Crippen molar-refractivity contribution in [2.24, 2.45) is 0 Å². The average molecular weight is 471 g/mol. The number of halogens is 2. The van der Waals surface area contributed by atoms with Gasteiger partial charge in [-0.25, -0.2) is 18.4 Å². The maximum Gasteiger partial charge on any atom is 0.336 e. The number of methoxy groups -OCH3 is 1. The summed E-state index contributed by atoms with van der Waals surface area (Å²) in [7, 11) is 3.12. The molecule has 2 aromatic rings. The highest BCUT2D eigenvalue weighted by Crippen LogP contribution is 2.39. The number of likely N-dealkylation sites (N-methyl/N-ethyl adjacent to an activating group) is 1. The number of hydrogen-bond acceptors (Lipinski definition) is 6. The molecule has 0 aliphatic carbocycles. The fourth-order valence-electron chi connectivity index (χ4n) is 4.07. The normalized spacial score (nSPS) is 15.9. The molecule has 8 heteroatoms. The van der Waals surface area contributed by atoms with Crippen molar-refractivity contribution in [2.75, 3.05) is 27.3 Å². The van der Waals surface area contributed by atoms with E-state index in [4.69, 9.17) is 9.47 Å². The van der Waals surface area contributed by atoms with Crippen LogP contribution in [0, 0.1) is 11.6 Å². The smallest absolute Gasteiger partial charge is 0.336 e. The lowest BCUT2D eigenvalue weighted by Crippen LogP contribution is -2.33. The first-order valence-electron chi connectivity index (χ1n) is 10.8. The van der Waals surface area contributed by atoms with E-state index in [0.717, 1.165) is 23.8 Å². The standard InChI is InChI=1S/C26H28F2N2O4/c1-16-22(25(31)33-4)24(19-12-20(27)14-21(28)13-19)23(17(2)29-16)26(32)34-11-10-30(3)15-18-8-6-5-7-9-18/h5-9,12-14,24,29H,10-11,15H2,1-4H3. The predicted molar refractivity (Wildman–Crippen MR) is 123 cm³/mol. The van der Waals surface area contributed by atoms with E-state index in [0.29, 0.717) is 24.5 Å². The van der Waals surface area contributed by atoms with Crippen LogP contribution in [0.15, 0.2) is 71.1 Å². The third-order valence-corrected chi connectivity index (χ3v) is 5.61. The Labute approximate surface area is 197 Å². The molecule has 2 aromatic carbocycles. The van der Waals surface area contributed by atoms with Crippen LogP contribution in [-0.4, -0.2) is 44.1 Å². The van der Waals surface area contributed by atoms with Gasteiger partial charge in [-0.3, -0.25) is 4.90 Å². The number of hydrogen-bond donors (Lipinski definition) is 1. The monoisotopic (exact) mass is 470 g/mol. The first-order chi connectivity index (χ1) is 16.2. The third-order valence-electron chi connectivity index (χ3n) is 5.61. The van der Waals surface area contributed by atoms with Gasteiger partial charge in [-0.1, -0.05) is 30.3 Å². The van der Waals surface area contributed by atoms with Gasteiger partial charge in [0.1, 0.15) is 18.2 Å². The molecule has 0 saturated heterocycles.